The fraction of sp³-hybridized carbons (Fsp3) is 0.632. The summed E-state index contributed by atoms with van der Waals surface area (Å²) < 4.78 is 0. The molecule has 0 unspecified atom stereocenters. The van der Waals surface area contributed by atoms with Gasteiger partial charge in [0.15, 0.2) is 0 Å². The molecule has 1 saturated carbocycles. The largest absolute Gasteiger partial charge is 0.303 e. The molecule has 2 aliphatic rings. The van der Waals surface area contributed by atoms with Crippen LogP contribution in [-0.2, 0) is 11.2 Å². The third-order valence-corrected chi connectivity index (χ3v) is 5.46. The molecule has 0 spiro atoms. The van der Waals surface area contributed by atoms with Crippen molar-refractivity contribution in [1.82, 2.24) is 4.90 Å². The number of benzene rings is 1. The first kappa shape index (κ1) is 14.8. The van der Waals surface area contributed by atoms with E-state index < -0.39 is 0 Å². The van der Waals surface area contributed by atoms with E-state index in [9.17, 15) is 4.79 Å². The Morgan fingerprint density at radius 2 is 1.76 bits per heavy atom. The topological polar surface area (TPSA) is 20.3 Å². The molecule has 1 aromatic carbocycles. The highest BCUT2D eigenvalue weighted by Crippen LogP contribution is 2.37. The van der Waals surface area contributed by atoms with Crippen molar-refractivity contribution in [2.24, 2.45) is 11.3 Å². The van der Waals surface area contributed by atoms with Crippen molar-refractivity contribution in [2.75, 3.05) is 19.6 Å². The molecule has 3 rings (SSSR count). The first-order valence-electron chi connectivity index (χ1n) is 8.52. The Balaban J connectivity index is 1.48. The Hall–Kier alpha value is -1.15. The zero-order chi connectivity index (χ0) is 14.5. The molecular formula is C19H27NO. The molecular weight excluding hydrogens is 258 g/mol. The van der Waals surface area contributed by atoms with Crippen molar-refractivity contribution in [3.05, 3.63) is 35.9 Å². The molecule has 0 radical (unpaired) electrons. The molecule has 1 aromatic rings. The third-order valence-electron chi connectivity index (χ3n) is 5.46. The molecule has 0 amide bonds. The molecule has 0 aromatic heterocycles. The average Bonchev–Trinajstić information content (AvgIpc) is 2.99. The smallest absolute Gasteiger partial charge is 0.127 e. The number of hydrogen-bond donors (Lipinski definition) is 0. The fourth-order valence-corrected chi connectivity index (χ4v) is 4.13. The second kappa shape index (κ2) is 6.74. The zero-order valence-electron chi connectivity index (χ0n) is 13.0. The highest BCUT2D eigenvalue weighted by atomic mass is 16.1. The van der Waals surface area contributed by atoms with E-state index in [0.717, 1.165) is 25.3 Å². The van der Waals surface area contributed by atoms with Gasteiger partial charge in [0.1, 0.15) is 6.29 Å². The molecule has 1 saturated heterocycles. The van der Waals surface area contributed by atoms with Gasteiger partial charge >= 0.3 is 0 Å². The lowest BCUT2D eigenvalue weighted by atomic mass is 9.85. The first-order chi connectivity index (χ1) is 10.3. The number of carbonyl (C=O) groups excluding carboxylic acids is 1. The van der Waals surface area contributed by atoms with Crippen LogP contribution in [-0.4, -0.2) is 30.8 Å². The Morgan fingerprint density at radius 3 is 2.38 bits per heavy atom. The number of hydrogen-bond acceptors (Lipinski definition) is 2. The van der Waals surface area contributed by atoms with Crippen molar-refractivity contribution < 1.29 is 4.79 Å². The number of nitrogens with zero attached hydrogens (tertiary/aromatic N) is 1. The van der Waals surface area contributed by atoms with E-state index in [1.807, 2.05) is 0 Å². The molecule has 1 aliphatic carbocycles. The number of piperidine rings is 1. The van der Waals surface area contributed by atoms with E-state index in [0.29, 0.717) is 0 Å². The average molecular weight is 285 g/mol. The number of aldehydes is 1. The monoisotopic (exact) mass is 285 g/mol. The van der Waals surface area contributed by atoms with Crippen molar-refractivity contribution in [2.45, 2.75) is 44.9 Å². The zero-order valence-corrected chi connectivity index (χ0v) is 13.0. The lowest BCUT2D eigenvalue weighted by Gasteiger charge is -2.36. The lowest BCUT2D eigenvalue weighted by Crippen LogP contribution is -2.42. The number of rotatable bonds is 5. The molecule has 2 fully saturated rings. The lowest BCUT2D eigenvalue weighted by molar-refractivity contribution is -0.117. The minimum Gasteiger partial charge on any atom is -0.303 e. The first-order valence-corrected chi connectivity index (χ1v) is 8.52. The maximum absolute atomic E-state index is 11.5. The van der Waals surface area contributed by atoms with Gasteiger partial charge < -0.3 is 9.69 Å². The summed E-state index contributed by atoms with van der Waals surface area (Å²) in [7, 11) is 0. The van der Waals surface area contributed by atoms with Crippen molar-refractivity contribution in [3.8, 4) is 0 Å². The van der Waals surface area contributed by atoms with Crippen LogP contribution < -0.4 is 0 Å². The molecule has 2 nitrogen and oxygen atoms in total. The van der Waals surface area contributed by atoms with Crippen LogP contribution in [0.15, 0.2) is 30.3 Å². The SMILES string of the molecule is O=CC1(CN2CCC(Cc3ccccc3)CC2)CCCC1. The van der Waals surface area contributed by atoms with E-state index in [1.165, 1.54) is 57.0 Å². The van der Waals surface area contributed by atoms with E-state index in [-0.39, 0.29) is 5.41 Å². The van der Waals surface area contributed by atoms with Gasteiger partial charge in [0, 0.05) is 12.0 Å². The van der Waals surface area contributed by atoms with Crippen LogP contribution in [0.3, 0.4) is 0 Å². The molecule has 21 heavy (non-hydrogen) atoms. The molecule has 1 aliphatic heterocycles. The second-order valence-corrected chi connectivity index (χ2v) is 7.10. The van der Waals surface area contributed by atoms with Gasteiger partial charge in [0.2, 0.25) is 0 Å². The summed E-state index contributed by atoms with van der Waals surface area (Å²) in [5.74, 6) is 0.819. The Kier molecular flexibility index (Phi) is 4.74. The van der Waals surface area contributed by atoms with Gasteiger partial charge in [-0.1, -0.05) is 43.2 Å². The van der Waals surface area contributed by atoms with Crippen LogP contribution in [0.2, 0.25) is 0 Å². The number of likely N-dealkylation sites (tertiary alicyclic amines) is 1. The summed E-state index contributed by atoms with van der Waals surface area (Å²) in [6.07, 6.45) is 9.74. The normalized spacial score (nSPS) is 23.2. The summed E-state index contributed by atoms with van der Waals surface area (Å²) >= 11 is 0. The summed E-state index contributed by atoms with van der Waals surface area (Å²) in [5, 5.41) is 0. The second-order valence-electron chi connectivity index (χ2n) is 7.10. The Morgan fingerprint density at radius 1 is 1.10 bits per heavy atom. The number of carbonyl (C=O) groups is 1. The maximum atomic E-state index is 11.5. The van der Waals surface area contributed by atoms with E-state index in [2.05, 4.69) is 35.2 Å². The predicted octanol–water partition coefficient (Wildman–Crippen LogP) is 3.70. The highest BCUT2D eigenvalue weighted by molar-refractivity contribution is 5.60. The minimum absolute atomic E-state index is 0.00767. The molecule has 1 heterocycles. The van der Waals surface area contributed by atoms with Crippen LogP contribution in [0.4, 0.5) is 0 Å². The van der Waals surface area contributed by atoms with Gasteiger partial charge in [-0.2, -0.15) is 0 Å². The maximum Gasteiger partial charge on any atom is 0.127 e. The van der Waals surface area contributed by atoms with Gasteiger partial charge in [-0.25, -0.2) is 0 Å². The van der Waals surface area contributed by atoms with Crippen molar-refractivity contribution >= 4 is 6.29 Å². The van der Waals surface area contributed by atoms with Crippen molar-refractivity contribution in [3.63, 3.8) is 0 Å². The van der Waals surface area contributed by atoms with Gasteiger partial charge in [-0.05, 0) is 56.7 Å². The van der Waals surface area contributed by atoms with Gasteiger partial charge in [-0.3, -0.25) is 0 Å². The summed E-state index contributed by atoms with van der Waals surface area (Å²) in [6.45, 7) is 3.36. The van der Waals surface area contributed by atoms with Crippen LogP contribution >= 0.6 is 0 Å². The highest BCUT2D eigenvalue weighted by Gasteiger charge is 2.36. The summed E-state index contributed by atoms with van der Waals surface area (Å²) in [4.78, 5) is 14.0. The molecule has 0 bridgehead atoms. The molecule has 114 valence electrons. The third kappa shape index (κ3) is 3.74. The standard InChI is InChI=1S/C19H27NO/c21-16-19(10-4-5-11-19)15-20-12-8-18(9-13-20)14-17-6-2-1-3-7-17/h1-3,6-7,16,18H,4-5,8-15H2. The van der Waals surface area contributed by atoms with Gasteiger partial charge in [0.25, 0.3) is 0 Å². The summed E-state index contributed by atoms with van der Waals surface area (Å²) in [6, 6.07) is 10.8. The van der Waals surface area contributed by atoms with Crippen LogP contribution in [0.1, 0.15) is 44.1 Å². The van der Waals surface area contributed by atoms with Gasteiger partial charge in [-0.15, -0.1) is 0 Å². The van der Waals surface area contributed by atoms with Gasteiger partial charge in [0.05, 0.1) is 0 Å². The predicted molar refractivity (Wildman–Crippen MR) is 86.3 cm³/mol. The molecule has 2 heteroatoms. The summed E-state index contributed by atoms with van der Waals surface area (Å²) in [5.41, 5.74) is 1.46. The Labute approximate surface area is 128 Å². The van der Waals surface area contributed by atoms with Crippen LogP contribution in [0.5, 0.6) is 0 Å². The molecule has 0 N–H and O–H groups in total. The van der Waals surface area contributed by atoms with E-state index in [1.54, 1.807) is 0 Å². The van der Waals surface area contributed by atoms with Crippen molar-refractivity contribution in [1.29, 1.82) is 0 Å². The van der Waals surface area contributed by atoms with Crippen LogP contribution in [0.25, 0.3) is 0 Å². The fourth-order valence-electron chi connectivity index (χ4n) is 4.13. The Bertz CT molecular complexity index is 442. The van der Waals surface area contributed by atoms with Crippen LogP contribution in [0, 0.1) is 11.3 Å². The van der Waals surface area contributed by atoms with E-state index in [4.69, 9.17) is 0 Å². The molecule has 0 atom stereocenters. The minimum atomic E-state index is -0.00767. The van der Waals surface area contributed by atoms with E-state index >= 15 is 0 Å². The quantitative estimate of drug-likeness (QED) is 0.769.